The minimum Gasteiger partial charge on any atom is -0.496 e. The van der Waals surface area contributed by atoms with Crippen LogP contribution in [0, 0.1) is 6.92 Å². The first-order valence-electron chi connectivity index (χ1n) is 8.47. The second-order valence-corrected chi connectivity index (χ2v) is 8.60. The van der Waals surface area contributed by atoms with Crippen molar-refractivity contribution < 1.29 is 13.2 Å². The molecular formula is C20H27NO3S. The van der Waals surface area contributed by atoms with Gasteiger partial charge in [-0.15, -0.1) is 0 Å². The highest BCUT2D eigenvalue weighted by molar-refractivity contribution is 7.92. The third kappa shape index (κ3) is 4.34. The molecule has 0 radical (unpaired) electrons. The molecule has 0 bridgehead atoms. The molecule has 5 heteroatoms. The van der Waals surface area contributed by atoms with Gasteiger partial charge in [-0.1, -0.05) is 45.4 Å². The summed E-state index contributed by atoms with van der Waals surface area (Å²) in [7, 11) is -1.97. The van der Waals surface area contributed by atoms with Crippen LogP contribution in [0.1, 0.15) is 56.2 Å². The molecule has 0 spiro atoms. The smallest absolute Gasteiger partial charge is 0.261 e. The molecule has 0 aliphatic heterocycles. The summed E-state index contributed by atoms with van der Waals surface area (Å²) in [5.74, 6) is 1.27. The molecule has 0 atom stereocenters. The zero-order chi connectivity index (χ0) is 18.8. The molecular weight excluding hydrogens is 334 g/mol. The van der Waals surface area contributed by atoms with Gasteiger partial charge in [-0.3, -0.25) is 4.72 Å². The van der Waals surface area contributed by atoms with Gasteiger partial charge >= 0.3 is 0 Å². The second kappa shape index (κ2) is 7.48. The standard InChI is InChI=1S/C20H27NO3S/c1-13(2)18-11-16(12-19(14(3)4)20(18)24-6)21-25(22,23)17-9-7-15(5)8-10-17/h7-14,21H,1-6H3. The lowest BCUT2D eigenvalue weighted by molar-refractivity contribution is 0.400. The zero-order valence-electron chi connectivity index (χ0n) is 15.8. The van der Waals surface area contributed by atoms with E-state index in [4.69, 9.17) is 4.74 Å². The van der Waals surface area contributed by atoms with E-state index < -0.39 is 10.0 Å². The minimum absolute atomic E-state index is 0.219. The van der Waals surface area contributed by atoms with Crippen LogP contribution < -0.4 is 9.46 Å². The SMILES string of the molecule is COc1c(C(C)C)cc(NS(=O)(=O)c2ccc(C)cc2)cc1C(C)C. The quantitative estimate of drug-likeness (QED) is 0.783. The Labute approximate surface area is 151 Å². The molecule has 25 heavy (non-hydrogen) atoms. The Morgan fingerprint density at radius 1 is 0.920 bits per heavy atom. The molecule has 2 aromatic rings. The number of aryl methyl sites for hydroxylation is 1. The molecule has 0 aromatic heterocycles. The van der Waals surface area contributed by atoms with Crippen LogP contribution in [-0.2, 0) is 10.0 Å². The van der Waals surface area contributed by atoms with Gasteiger partial charge in [0, 0.05) is 5.69 Å². The van der Waals surface area contributed by atoms with Crippen LogP contribution in [0.2, 0.25) is 0 Å². The van der Waals surface area contributed by atoms with Gasteiger partial charge in [0.25, 0.3) is 10.0 Å². The number of sulfonamides is 1. The fourth-order valence-corrected chi connectivity index (χ4v) is 3.80. The number of hydrogen-bond donors (Lipinski definition) is 1. The number of benzene rings is 2. The summed E-state index contributed by atoms with van der Waals surface area (Å²) in [6.45, 7) is 10.2. The van der Waals surface area contributed by atoms with E-state index in [9.17, 15) is 8.42 Å². The molecule has 136 valence electrons. The molecule has 0 amide bonds. The van der Waals surface area contributed by atoms with Gasteiger partial charge in [0.05, 0.1) is 12.0 Å². The van der Waals surface area contributed by atoms with Crippen molar-refractivity contribution in [1.82, 2.24) is 0 Å². The van der Waals surface area contributed by atoms with E-state index >= 15 is 0 Å². The Morgan fingerprint density at radius 3 is 1.80 bits per heavy atom. The van der Waals surface area contributed by atoms with Crippen molar-refractivity contribution in [2.45, 2.75) is 51.3 Å². The lowest BCUT2D eigenvalue weighted by atomic mass is 9.93. The maximum absolute atomic E-state index is 12.7. The molecule has 0 unspecified atom stereocenters. The van der Waals surface area contributed by atoms with Crippen molar-refractivity contribution in [3.8, 4) is 5.75 Å². The third-order valence-corrected chi connectivity index (χ3v) is 5.58. The van der Waals surface area contributed by atoms with Crippen molar-refractivity contribution >= 4 is 15.7 Å². The first-order valence-corrected chi connectivity index (χ1v) is 9.95. The highest BCUT2D eigenvalue weighted by Gasteiger charge is 2.20. The minimum atomic E-state index is -3.63. The molecule has 0 aliphatic rings. The van der Waals surface area contributed by atoms with Gasteiger partial charge in [0.1, 0.15) is 5.75 Å². The molecule has 4 nitrogen and oxygen atoms in total. The fourth-order valence-electron chi connectivity index (χ4n) is 2.76. The number of ether oxygens (including phenoxy) is 1. The summed E-state index contributed by atoms with van der Waals surface area (Å²) in [6.07, 6.45) is 0. The highest BCUT2D eigenvalue weighted by atomic mass is 32.2. The molecule has 0 fully saturated rings. The molecule has 1 N–H and O–H groups in total. The normalized spacial score (nSPS) is 11.8. The van der Waals surface area contributed by atoms with Crippen LogP contribution >= 0.6 is 0 Å². The molecule has 2 rings (SSSR count). The summed E-state index contributed by atoms with van der Waals surface area (Å²) < 4.78 is 33.7. The van der Waals surface area contributed by atoms with Gasteiger partial charge in [-0.05, 0) is 54.2 Å². The van der Waals surface area contributed by atoms with Crippen LogP contribution in [0.15, 0.2) is 41.3 Å². The second-order valence-electron chi connectivity index (χ2n) is 6.92. The Balaban J connectivity index is 2.50. The molecule has 0 aliphatic carbocycles. The average molecular weight is 362 g/mol. The predicted molar refractivity (Wildman–Crippen MR) is 103 cm³/mol. The van der Waals surface area contributed by atoms with Crippen LogP contribution in [0.3, 0.4) is 0 Å². The number of nitrogens with one attached hydrogen (secondary N) is 1. The monoisotopic (exact) mass is 361 g/mol. The van der Waals surface area contributed by atoms with Crippen LogP contribution in [0.4, 0.5) is 5.69 Å². The Bertz CT molecular complexity index is 809. The number of anilines is 1. The van der Waals surface area contributed by atoms with Crippen LogP contribution in [0.5, 0.6) is 5.75 Å². The predicted octanol–water partition coefficient (Wildman–Crippen LogP) is 5.05. The van der Waals surface area contributed by atoms with Gasteiger partial charge in [0.2, 0.25) is 0 Å². The van der Waals surface area contributed by atoms with Gasteiger partial charge in [0.15, 0.2) is 0 Å². The molecule has 0 heterocycles. The van der Waals surface area contributed by atoms with Crippen molar-refractivity contribution in [2.24, 2.45) is 0 Å². The molecule has 0 saturated carbocycles. The summed E-state index contributed by atoms with van der Waals surface area (Å²) in [4.78, 5) is 0.256. The topological polar surface area (TPSA) is 55.4 Å². The third-order valence-electron chi connectivity index (χ3n) is 4.18. The van der Waals surface area contributed by atoms with Gasteiger partial charge in [-0.2, -0.15) is 0 Å². The first kappa shape index (κ1) is 19.3. The maximum atomic E-state index is 12.7. The van der Waals surface area contributed by atoms with Crippen molar-refractivity contribution in [3.05, 3.63) is 53.1 Å². The van der Waals surface area contributed by atoms with E-state index in [1.54, 1.807) is 31.4 Å². The van der Waals surface area contributed by atoms with Gasteiger partial charge in [-0.25, -0.2) is 8.42 Å². The fraction of sp³-hybridized carbons (Fsp3) is 0.400. The summed E-state index contributed by atoms with van der Waals surface area (Å²) in [5, 5.41) is 0. The molecule has 0 saturated heterocycles. The lowest BCUT2D eigenvalue weighted by Crippen LogP contribution is -2.14. The van der Waals surface area contributed by atoms with E-state index in [1.165, 1.54) is 0 Å². The Kier molecular flexibility index (Phi) is 5.78. The van der Waals surface area contributed by atoms with Crippen molar-refractivity contribution in [1.29, 1.82) is 0 Å². The van der Waals surface area contributed by atoms with Crippen LogP contribution in [0.25, 0.3) is 0 Å². The average Bonchev–Trinajstić information content (AvgIpc) is 2.53. The van der Waals surface area contributed by atoms with Crippen LogP contribution in [-0.4, -0.2) is 15.5 Å². The Hall–Kier alpha value is -2.01. The van der Waals surface area contributed by atoms with E-state index in [-0.39, 0.29) is 16.7 Å². The number of rotatable bonds is 6. The highest BCUT2D eigenvalue weighted by Crippen LogP contribution is 2.37. The lowest BCUT2D eigenvalue weighted by Gasteiger charge is -2.20. The van der Waals surface area contributed by atoms with Gasteiger partial charge < -0.3 is 4.74 Å². The number of methoxy groups -OCH3 is 1. The van der Waals surface area contributed by atoms with Crippen molar-refractivity contribution in [3.63, 3.8) is 0 Å². The summed E-state index contributed by atoms with van der Waals surface area (Å²) >= 11 is 0. The summed E-state index contributed by atoms with van der Waals surface area (Å²) in [5.41, 5.74) is 3.58. The van der Waals surface area contributed by atoms with E-state index in [0.717, 1.165) is 22.4 Å². The molecule has 2 aromatic carbocycles. The van der Waals surface area contributed by atoms with Crippen molar-refractivity contribution in [2.75, 3.05) is 11.8 Å². The largest absolute Gasteiger partial charge is 0.496 e. The Morgan fingerprint density at radius 2 is 1.40 bits per heavy atom. The van der Waals surface area contributed by atoms with E-state index in [1.807, 2.05) is 19.1 Å². The summed E-state index contributed by atoms with van der Waals surface area (Å²) in [6, 6.07) is 10.5. The maximum Gasteiger partial charge on any atom is 0.261 e. The van der Waals surface area contributed by atoms with E-state index in [0.29, 0.717) is 5.69 Å². The zero-order valence-corrected chi connectivity index (χ0v) is 16.6. The number of hydrogen-bond acceptors (Lipinski definition) is 3. The first-order chi connectivity index (χ1) is 11.7. The van der Waals surface area contributed by atoms with E-state index in [2.05, 4.69) is 32.4 Å².